The molecule has 0 radical (unpaired) electrons. The molecule has 0 bridgehead atoms. The number of alkyl halides is 3. The largest absolute Gasteiger partial charge is 0.450 e. The van der Waals surface area contributed by atoms with Crippen LogP contribution >= 0.6 is 11.8 Å². The topological polar surface area (TPSA) is 70.7 Å². The van der Waals surface area contributed by atoms with Crippen LogP contribution in [0.4, 0.5) is 28.4 Å². The molecule has 3 amide bonds. The fourth-order valence-corrected chi connectivity index (χ4v) is 3.14. The Morgan fingerprint density at radius 3 is 2.62 bits per heavy atom. The first kappa shape index (κ1) is 20.2. The zero-order valence-corrected chi connectivity index (χ0v) is 15.0. The van der Waals surface area contributed by atoms with E-state index in [1.165, 1.54) is 24.3 Å². The molecule has 1 heterocycles. The first-order valence-electron chi connectivity index (χ1n) is 8.12. The number of hydrogen-bond donors (Lipinski definition) is 2. The molecule has 2 rings (SSSR count). The summed E-state index contributed by atoms with van der Waals surface area (Å²) in [5, 5.41) is 5.30. The Hall–Kier alpha value is -2.10. The molecule has 26 heavy (non-hydrogen) atoms. The van der Waals surface area contributed by atoms with Gasteiger partial charge in [-0.05, 0) is 49.7 Å². The van der Waals surface area contributed by atoms with E-state index in [2.05, 4.69) is 10.6 Å². The van der Waals surface area contributed by atoms with Crippen molar-refractivity contribution < 1.29 is 27.5 Å². The van der Waals surface area contributed by atoms with E-state index >= 15 is 0 Å². The van der Waals surface area contributed by atoms with Crippen molar-refractivity contribution in [1.82, 2.24) is 10.2 Å². The van der Waals surface area contributed by atoms with Gasteiger partial charge in [0.05, 0.1) is 6.61 Å². The van der Waals surface area contributed by atoms with Crippen molar-refractivity contribution in [2.24, 2.45) is 0 Å². The number of anilines is 1. The molecule has 1 saturated heterocycles. The number of piperidine rings is 1. The number of hydrogen-bond acceptors (Lipinski definition) is 4. The van der Waals surface area contributed by atoms with Gasteiger partial charge in [-0.25, -0.2) is 9.59 Å². The Labute approximate surface area is 153 Å². The van der Waals surface area contributed by atoms with Crippen LogP contribution in [0.1, 0.15) is 19.8 Å². The standard InChI is InChI=1S/C16H20F3N3O3S/c1-2-25-15(24)22-8-6-11(7-9-22)20-14(23)21-12-4-3-5-13(10-12)26-16(17,18)19/h3-5,10-11H,2,6-9H2,1H3,(H2,20,21,23). The van der Waals surface area contributed by atoms with Crippen LogP contribution in [0.5, 0.6) is 0 Å². The van der Waals surface area contributed by atoms with E-state index in [1.54, 1.807) is 11.8 Å². The lowest BCUT2D eigenvalue weighted by molar-refractivity contribution is -0.0328. The van der Waals surface area contributed by atoms with Crippen LogP contribution in [0.2, 0.25) is 0 Å². The van der Waals surface area contributed by atoms with Crippen molar-refractivity contribution in [1.29, 1.82) is 0 Å². The van der Waals surface area contributed by atoms with Crippen molar-refractivity contribution in [3.05, 3.63) is 24.3 Å². The van der Waals surface area contributed by atoms with E-state index in [-0.39, 0.29) is 34.5 Å². The van der Waals surface area contributed by atoms with Crippen LogP contribution in [-0.2, 0) is 4.74 Å². The molecule has 10 heteroatoms. The van der Waals surface area contributed by atoms with Gasteiger partial charge in [-0.1, -0.05) is 6.07 Å². The summed E-state index contributed by atoms with van der Waals surface area (Å²) in [6.45, 7) is 2.99. The van der Waals surface area contributed by atoms with E-state index in [1.807, 2.05) is 0 Å². The number of ether oxygens (including phenoxy) is 1. The number of carbonyl (C=O) groups excluding carboxylic acids is 2. The van der Waals surface area contributed by atoms with Crippen LogP contribution in [0.3, 0.4) is 0 Å². The number of urea groups is 1. The van der Waals surface area contributed by atoms with Crippen LogP contribution < -0.4 is 10.6 Å². The van der Waals surface area contributed by atoms with Gasteiger partial charge >= 0.3 is 17.6 Å². The fourth-order valence-electron chi connectivity index (χ4n) is 2.54. The molecular formula is C16H20F3N3O3S. The monoisotopic (exact) mass is 391 g/mol. The third-order valence-corrected chi connectivity index (χ3v) is 4.40. The number of carbonyl (C=O) groups is 2. The summed E-state index contributed by atoms with van der Waals surface area (Å²) in [5.41, 5.74) is -4.10. The number of likely N-dealkylation sites (tertiary alicyclic amines) is 1. The molecule has 1 fully saturated rings. The number of thioether (sulfide) groups is 1. The number of nitrogens with zero attached hydrogens (tertiary/aromatic N) is 1. The number of benzene rings is 1. The summed E-state index contributed by atoms with van der Waals surface area (Å²) >= 11 is -0.236. The second-order valence-corrected chi connectivity index (χ2v) is 6.77. The van der Waals surface area contributed by atoms with Crippen molar-refractivity contribution in [3.8, 4) is 0 Å². The summed E-state index contributed by atoms with van der Waals surface area (Å²) in [5.74, 6) is 0. The van der Waals surface area contributed by atoms with Gasteiger partial charge in [0.1, 0.15) is 0 Å². The minimum atomic E-state index is -4.38. The maximum Gasteiger partial charge on any atom is 0.446 e. The third-order valence-electron chi connectivity index (χ3n) is 3.68. The molecule has 1 aliphatic rings. The molecule has 0 spiro atoms. The normalized spacial score (nSPS) is 15.5. The van der Waals surface area contributed by atoms with E-state index in [4.69, 9.17) is 4.74 Å². The van der Waals surface area contributed by atoms with E-state index in [0.717, 1.165) is 0 Å². The average molecular weight is 391 g/mol. The second kappa shape index (κ2) is 9.02. The van der Waals surface area contributed by atoms with Crippen LogP contribution in [0.15, 0.2) is 29.2 Å². The highest BCUT2D eigenvalue weighted by Crippen LogP contribution is 2.37. The lowest BCUT2D eigenvalue weighted by Gasteiger charge is -2.31. The van der Waals surface area contributed by atoms with Crippen LogP contribution in [-0.4, -0.2) is 48.3 Å². The summed E-state index contributed by atoms with van der Waals surface area (Å²) in [7, 11) is 0. The van der Waals surface area contributed by atoms with Gasteiger partial charge in [0, 0.05) is 29.7 Å². The Morgan fingerprint density at radius 1 is 1.31 bits per heavy atom. The average Bonchev–Trinajstić information content (AvgIpc) is 2.54. The molecule has 1 aromatic carbocycles. The first-order valence-corrected chi connectivity index (χ1v) is 8.93. The molecule has 0 aromatic heterocycles. The van der Waals surface area contributed by atoms with Gasteiger partial charge in [-0.15, -0.1) is 0 Å². The zero-order chi connectivity index (χ0) is 19.2. The second-order valence-electron chi connectivity index (χ2n) is 5.63. The molecule has 0 atom stereocenters. The van der Waals surface area contributed by atoms with Gasteiger partial charge < -0.3 is 20.3 Å². The van der Waals surface area contributed by atoms with Gasteiger partial charge in [-0.2, -0.15) is 13.2 Å². The Bertz CT molecular complexity index is 635. The number of rotatable bonds is 4. The van der Waals surface area contributed by atoms with Gasteiger partial charge in [0.2, 0.25) is 0 Å². The Morgan fingerprint density at radius 2 is 2.00 bits per heavy atom. The lowest BCUT2D eigenvalue weighted by atomic mass is 10.1. The summed E-state index contributed by atoms with van der Waals surface area (Å²) in [6, 6.07) is 4.94. The number of amides is 3. The quantitative estimate of drug-likeness (QED) is 0.760. The highest BCUT2D eigenvalue weighted by molar-refractivity contribution is 8.00. The van der Waals surface area contributed by atoms with E-state index in [9.17, 15) is 22.8 Å². The Balaban J connectivity index is 1.81. The zero-order valence-electron chi connectivity index (χ0n) is 14.1. The minimum absolute atomic E-state index is 0.00181. The predicted octanol–water partition coefficient (Wildman–Crippen LogP) is 4.04. The number of halogens is 3. The van der Waals surface area contributed by atoms with Crippen molar-refractivity contribution in [3.63, 3.8) is 0 Å². The van der Waals surface area contributed by atoms with Gasteiger partial charge in [0.25, 0.3) is 0 Å². The van der Waals surface area contributed by atoms with Crippen molar-refractivity contribution >= 4 is 29.6 Å². The fraction of sp³-hybridized carbons (Fsp3) is 0.500. The molecule has 0 aliphatic carbocycles. The summed E-state index contributed by atoms with van der Waals surface area (Å²) in [6.07, 6.45) is 0.793. The summed E-state index contributed by atoms with van der Waals surface area (Å²) in [4.78, 5) is 25.2. The molecule has 2 N–H and O–H groups in total. The smallest absolute Gasteiger partial charge is 0.446 e. The maximum atomic E-state index is 12.4. The van der Waals surface area contributed by atoms with Gasteiger partial charge in [0.15, 0.2) is 0 Å². The van der Waals surface area contributed by atoms with E-state index < -0.39 is 11.5 Å². The Kier molecular flexibility index (Phi) is 7.01. The molecule has 6 nitrogen and oxygen atoms in total. The molecule has 0 saturated carbocycles. The number of nitrogens with one attached hydrogen (secondary N) is 2. The summed E-state index contributed by atoms with van der Waals surface area (Å²) < 4.78 is 42.2. The van der Waals surface area contributed by atoms with Crippen molar-refractivity contribution in [2.75, 3.05) is 25.0 Å². The van der Waals surface area contributed by atoms with Crippen LogP contribution in [0.25, 0.3) is 0 Å². The third kappa shape index (κ3) is 6.66. The van der Waals surface area contributed by atoms with E-state index in [0.29, 0.717) is 32.5 Å². The lowest BCUT2D eigenvalue weighted by Crippen LogP contribution is -2.47. The van der Waals surface area contributed by atoms with Crippen molar-refractivity contribution in [2.45, 2.75) is 36.2 Å². The van der Waals surface area contributed by atoms with Crippen LogP contribution in [0, 0.1) is 0 Å². The SMILES string of the molecule is CCOC(=O)N1CCC(NC(=O)Nc2cccc(SC(F)(F)F)c2)CC1. The highest BCUT2D eigenvalue weighted by Gasteiger charge is 2.29. The molecule has 144 valence electrons. The molecule has 0 unspecified atom stereocenters. The molecule has 1 aliphatic heterocycles. The maximum absolute atomic E-state index is 12.4. The predicted molar refractivity (Wildman–Crippen MR) is 92.1 cm³/mol. The molecular weight excluding hydrogens is 371 g/mol. The minimum Gasteiger partial charge on any atom is -0.450 e. The van der Waals surface area contributed by atoms with Gasteiger partial charge in [-0.3, -0.25) is 0 Å². The molecule has 1 aromatic rings. The highest BCUT2D eigenvalue weighted by atomic mass is 32.2. The first-order chi connectivity index (χ1) is 12.3.